The van der Waals surface area contributed by atoms with Gasteiger partial charge in [-0.15, -0.1) is 0 Å². The van der Waals surface area contributed by atoms with Crippen LogP contribution in [0.25, 0.3) is 0 Å². The predicted octanol–water partition coefficient (Wildman–Crippen LogP) is 2.83. The smallest absolute Gasteiger partial charge is 0.193 e. The molecule has 6 nitrogen and oxygen atoms in total. The Labute approximate surface area is 167 Å². The van der Waals surface area contributed by atoms with Crippen molar-refractivity contribution in [3.05, 3.63) is 30.1 Å². The molecule has 2 aliphatic heterocycles. The highest BCUT2D eigenvalue weighted by Gasteiger charge is 2.24. The molecule has 2 atom stereocenters. The predicted molar refractivity (Wildman–Crippen MR) is 107 cm³/mol. The van der Waals surface area contributed by atoms with Crippen molar-refractivity contribution >= 4 is 5.96 Å². The number of nitrogens with one attached hydrogen (secondary N) is 1. The van der Waals surface area contributed by atoms with Crippen molar-refractivity contribution in [3.63, 3.8) is 0 Å². The van der Waals surface area contributed by atoms with Gasteiger partial charge in [-0.2, -0.15) is 0 Å². The minimum atomic E-state index is -0.293. The normalized spacial score (nSPS) is 22.3. The lowest BCUT2D eigenvalue weighted by Crippen LogP contribution is -2.49. The van der Waals surface area contributed by atoms with Gasteiger partial charge >= 0.3 is 0 Å². The first-order chi connectivity index (χ1) is 13.6. The number of rotatable bonds is 7. The molecule has 7 heteroatoms. The highest BCUT2D eigenvalue weighted by atomic mass is 19.1. The van der Waals surface area contributed by atoms with E-state index in [0.717, 1.165) is 51.3 Å². The van der Waals surface area contributed by atoms with Crippen LogP contribution in [0.3, 0.4) is 0 Å². The summed E-state index contributed by atoms with van der Waals surface area (Å²) in [6.45, 7) is 5.96. The molecule has 2 heterocycles. The number of aliphatic imine (C=N–C) groups is 1. The molecular weight excluding hydrogens is 361 g/mol. The largest absolute Gasteiger partial charge is 0.489 e. The molecule has 1 aromatic carbocycles. The quantitative estimate of drug-likeness (QED) is 0.570. The van der Waals surface area contributed by atoms with E-state index in [-0.39, 0.29) is 18.0 Å². The zero-order valence-electron chi connectivity index (χ0n) is 16.9. The first-order valence-electron chi connectivity index (χ1n) is 10.2. The van der Waals surface area contributed by atoms with Crippen molar-refractivity contribution in [2.24, 2.45) is 4.99 Å². The minimum Gasteiger partial charge on any atom is -0.489 e. The number of halogens is 1. The first-order valence-corrected chi connectivity index (χ1v) is 10.2. The summed E-state index contributed by atoms with van der Waals surface area (Å²) in [4.78, 5) is 6.64. The summed E-state index contributed by atoms with van der Waals surface area (Å²) in [5.41, 5.74) is 0. The summed E-state index contributed by atoms with van der Waals surface area (Å²) in [6, 6.07) is 6.21. The van der Waals surface area contributed by atoms with E-state index in [0.29, 0.717) is 25.0 Å². The van der Waals surface area contributed by atoms with Crippen LogP contribution in [0.4, 0.5) is 4.39 Å². The van der Waals surface area contributed by atoms with Gasteiger partial charge in [0, 0.05) is 32.8 Å². The van der Waals surface area contributed by atoms with E-state index < -0.39 is 0 Å². The van der Waals surface area contributed by atoms with E-state index >= 15 is 0 Å². The van der Waals surface area contributed by atoms with Crippen LogP contribution in [-0.4, -0.2) is 69.1 Å². The topological polar surface area (TPSA) is 55.3 Å². The third kappa shape index (κ3) is 6.34. The monoisotopic (exact) mass is 393 g/mol. The number of piperidine rings is 1. The Hall–Kier alpha value is -1.86. The van der Waals surface area contributed by atoms with Gasteiger partial charge < -0.3 is 24.4 Å². The zero-order valence-corrected chi connectivity index (χ0v) is 16.9. The van der Waals surface area contributed by atoms with Crippen LogP contribution >= 0.6 is 0 Å². The van der Waals surface area contributed by atoms with Gasteiger partial charge in [0.1, 0.15) is 17.7 Å². The fraction of sp³-hybridized carbons (Fsp3) is 0.667. The van der Waals surface area contributed by atoms with E-state index in [1.807, 2.05) is 6.92 Å². The second kappa shape index (κ2) is 10.6. The molecule has 1 aromatic rings. The van der Waals surface area contributed by atoms with Gasteiger partial charge in [0.05, 0.1) is 25.4 Å². The molecular formula is C21H32FN3O3. The van der Waals surface area contributed by atoms with Crippen LogP contribution in [0, 0.1) is 5.82 Å². The lowest BCUT2D eigenvalue weighted by Gasteiger charge is -2.34. The van der Waals surface area contributed by atoms with E-state index in [1.54, 1.807) is 19.2 Å². The third-order valence-electron chi connectivity index (χ3n) is 5.18. The minimum absolute atomic E-state index is 0.106. The Morgan fingerprint density at radius 2 is 2.18 bits per heavy atom. The molecule has 3 rings (SSSR count). The van der Waals surface area contributed by atoms with Crippen molar-refractivity contribution in [3.8, 4) is 5.75 Å². The number of guanidine groups is 1. The molecule has 156 valence electrons. The fourth-order valence-corrected chi connectivity index (χ4v) is 3.64. The molecule has 0 aliphatic carbocycles. The lowest BCUT2D eigenvalue weighted by atomic mass is 10.1. The van der Waals surface area contributed by atoms with Crippen LogP contribution in [0.1, 0.15) is 32.6 Å². The fourth-order valence-electron chi connectivity index (χ4n) is 3.64. The van der Waals surface area contributed by atoms with E-state index in [4.69, 9.17) is 14.2 Å². The summed E-state index contributed by atoms with van der Waals surface area (Å²) < 4.78 is 30.7. The standard InChI is InChI=1S/C21H32FN3O3/c1-16(28-19-6-3-5-17(22)13-19)14-24-21(23-2)25-10-8-18(9-11-25)27-15-20-7-4-12-26-20/h3,5-6,13,16,18,20H,4,7-12,14-15H2,1-2H3,(H,23,24). The Balaban J connectivity index is 1.37. The SMILES string of the molecule is CN=C(NCC(C)Oc1cccc(F)c1)N1CCC(OCC2CCCO2)CC1. The summed E-state index contributed by atoms with van der Waals surface area (Å²) in [6.07, 6.45) is 4.72. The average molecular weight is 394 g/mol. The Morgan fingerprint density at radius 3 is 2.86 bits per heavy atom. The molecule has 2 fully saturated rings. The molecule has 0 amide bonds. The van der Waals surface area contributed by atoms with E-state index in [2.05, 4.69) is 15.2 Å². The molecule has 0 spiro atoms. The molecule has 2 aliphatic rings. The van der Waals surface area contributed by atoms with Gasteiger partial charge in [0.15, 0.2) is 5.96 Å². The third-order valence-corrected chi connectivity index (χ3v) is 5.18. The van der Waals surface area contributed by atoms with E-state index in [1.165, 1.54) is 12.1 Å². The van der Waals surface area contributed by atoms with Crippen molar-refractivity contribution in [2.45, 2.75) is 50.9 Å². The summed E-state index contributed by atoms with van der Waals surface area (Å²) in [5.74, 6) is 1.11. The first kappa shape index (κ1) is 20.9. The van der Waals surface area contributed by atoms with E-state index in [9.17, 15) is 4.39 Å². The van der Waals surface area contributed by atoms with Crippen molar-refractivity contribution in [1.82, 2.24) is 10.2 Å². The van der Waals surface area contributed by atoms with Crippen LogP contribution in [0.5, 0.6) is 5.75 Å². The highest BCUT2D eigenvalue weighted by Crippen LogP contribution is 2.18. The molecule has 2 unspecified atom stereocenters. The van der Waals surface area contributed by atoms with Crippen LogP contribution in [0.2, 0.25) is 0 Å². The second-order valence-electron chi connectivity index (χ2n) is 7.47. The summed E-state index contributed by atoms with van der Waals surface area (Å²) >= 11 is 0. The number of likely N-dealkylation sites (tertiary alicyclic amines) is 1. The van der Waals surface area contributed by atoms with Crippen molar-refractivity contribution in [1.29, 1.82) is 0 Å². The van der Waals surface area contributed by atoms with Gasteiger partial charge in [0.25, 0.3) is 0 Å². The number of ether oxygens (including phenoxy) is 3. The van der Waals surface area contributed by atoms with Gasteiger partial charge in [-0.1, -0.05) is 6.07 Å². The van der Waals surface area contributed by atoms with Crippen LogP contribution < -0.4 is 10.1 Å². The molecule has 0 aromatic heterocycles. The van der Waals surface area contributed by atoms with Gasteiger partial charge in [0.2, 0.25) is 0 Å². The maximum atomic E-state index is 13.3. The number of hydrogen-bond donors (Lipinski definition) is 1. The van der Waals surface area contributed by atoms with Crippen LogP contribution in [0.15, 0.2) is 29.3 Å². The molecule has 1 N–H and O–H groups in total. The van der Waals surface area contributed by atoms with Crippen molar-refractivity contribution < 1.29 is 18.6 Å². The number of hydrogen-bond acceptors (Lipinski definition) is 4. The Morgan fingerprint density at radius 1 is 1.36 bits per heavy atom. The maximum Gasteiger partial charge on any atom is 0.193 e. The molecule has 28 heavy (non-hydrogen) atoms. The average Bonchev–Trinajstić information content (AvgIpc) is 3.21. The molecule has 0 radical (unpaired) electrons. The van der Waals surface area contributed by atoms with Crippen LogP contribution in [-0.2, 0) is 9.47 Å². The lowest BCUT2D eigenvalue weighted by molar-refractivity contribution is -0.0367. The van der Waals surface area contributed by atoms with Gasteiger partial charge in [-0.05, 0) is 44.7 Å². The van der Waals surface area contributed by atoms with Crippen molar-refractivity contribution in [2.75, 3.05) is 39.9 Å². The Bertz CT molecular complexity index is 629. The molecule has 0 saturated carbocycles. The summed E-state index contributed by atoms with van der Waals surface area (Å²) in [7, 11) is 1.79. The molecule has 2 saturated heterocycles. The second-order valence-corrected chi connectivity index (χ2v) is 7.47. The number of benzene rings is 1. The van der Waals surface area contributed by atoms with Gasteiger partial charge in [-0.25, -0.2) is 4.39 Å². The number of nitrogens with zero attached hydrogens (tertiary/aromatic N) is 2. The highest BCUT2D eigenvalue weighted by molar-refractivity contribution is 5.80. The molecule has 0 bridgehead atoms. The Kier molecular flexibility index (Phi) is 7.91. The summed E-state index contributed by atoms with van der Waals surface area (Å²) in [5, 5.41) is 3.36. The zero-order chi connectivity index (χ0) is 19.8. The van der Waals surface area contributed by atoms with Gasteiger partial charge in [-0.3, -0.25) is 4.99 Å². The maximum absolute atomic E-state index is 13.3.